The van der Waals surface area contributed by atoms with Crippen molar-refractivity contribution < 1.29 is 4.74 Å². The molecule has 1 aromatic rings. The van der Waals surface area contributed by atoms with Crippen LogP contribution in [-0.4, -0.2) is 41.1 Å². The number of aromatic nitrogens is 2. The molecule has 0 radical (unpaired) electrons. The molecule has 0 aliphatic carbocycles. The zero-order valence-electron chi connectivity index (χ0n) is 10.6. The SMILES string of the molecule is CCCN1CCOC(c2nc(C)c(Br)c(Cl)n2)C1. The van der Waals surface area contributed by atoms with E-state index in [2.05, 4.69) is 37.7 Å². The summed E-state index contributed by atoms with van der Waals surface area (Å²) in [6.45, 7) is 7.72. The van der Waals surface area contributed by atoms with Gasteiger partial charge in [-0.1, -0.05) is 18.5 Å². The topological polar surface area (TPSA) is 38.2 Å². The first-order chi connectivity index (χ1) is 8.61. The number of ether oxygens (including phenoxy) is 1. The van der Waals surface area contributed by atoms with Crippen molar-refractivity contribution in [2.45, 2.75) is 26.4 Å². The predicted octanol–water partition coefficient (Wildman–Crippen LogP) is 2.98. The fourth-order valence-corrected chi connectivity index (χ4v) is 2.47. The highest BCUT2D eigenvalue weighted by molar-refractivity contribution is 9.10. The van der Waals surface area contributed by atoms with Gasteiger partial charge in [-0.15, -0.1) is 0 Å². The van der Waals surface area contributed by atoms with E-state index in [9.17, 15) is 0 Å². The highest BCUT2D eigenvalue weighted by atomic mass is 79.9. The third kappa shape index (κ3) is 3.20. The highest BCUT2D eigenvalue weighted by Gasteiger charge is 2.24. The Morgan fingerprint density at radius 2 is 2.28 bits per heavy atom. The molecule has 0 amide bonds. The predicted molar refractivity (Wildman–Crippen MR) is 74.9 cm³/mol. The number of nitrogens with zero attached hydrogens (tertiary/aromatic N) is 3. The van der Waals surface area contributed by atoms with Gasteiger partial charge in [-0.3, -0.25) is 4.90 Å². The van der Waals surface area contributed by atoms with E-state index in [1.165, 1.54) is 0 Å². The van der Waals surface area contributed by atoms with Crippen LogP contribution in [0, 0.1) is 6.92 Å². The van der Waals surface area contributed by atoms with Crippen molar-refractivity contribution in [2.75, 3.05) is 26.2 Å². The second-order valence-corrected chi connectivity index (χ2v) is 5.58. The van der Waals surface area contributed by atoms with E-state index in [-0.39, 0.29) is 6.10 Å². The summed E-state index contributed by atoms with van der Waals surface area (Å²) < 4.78 is 6.51. The molecule has 4 nitrogen and oxygen atoms in total. The van der Waals surface area contributed by atoms with E-state index >= 15 is 0 Å². The van der Waals surface area contributed by atoms with Crippen LogP contribution >= 0.6 is 27.5 Å². The first kappa shape index (κ1) is 14.2. The molecule has 2 heterocycles. The number of morpholine rings is 1. The zero-order chi connectivity index (χ0) is 13.1. The van der Waals surface area contributed by atoms with Crippen LogP contribution in [0.2, 0.25) is 5.15 Å². The molecule has 1 unspecified atom stereocenters. The van der Waals surface area contributed by atoms with Crippen molar-refractivity contribution in [1.29, 1.82) is 0 Å². The van der Waals surface area contributed by atoms with E-state index in [1.54, 1.807) is 0 Å². The molecule has 1 aliphatic rings. The molecule has 1 aromatic heterocycles. The molecule has 1 atom stereocenters. The highest BCUT2D eigenvalue weighted by Crippen LogP contribution is 2.26. The fourth-order valence-electron chi connectivity index (χ4n) is 2.07. The van der Waals surface area contributed by atoms with Crippen LogP contribution in [0.1, 0.15) is 31.0 Å². The first-order valence-electron chi connectivity index (χ1n) is 6.15. The average Bonchev–Trinajstić information content (AvgIpc) is 2.36. The molecule has 0 bridgehead atoms. The van der Waals surface area contributed by atoms with Crippen LogP contribution < -0.4 is 0 Å². The maximum atomic E-state index is 6.07. The van der Waals surface area contributed by atoms with Crippen molar-refractivity contribution in [2.24, 2.45) is 0 Å². The summed E-state index contributed by atoms with van der Waals surface area (Å²) in [4.78, 5) is 11.1. The van der Waals surface area contributed by atoms with Crippen molar-refractivity contribution >= 4 is 27.5 Å². The Hall–Kier alpha value is -0.230. The lowest BCUT2D eigenvalue weighted by atomic mass is 10.2. The molecule has 6 heteroatoms. The lowest BCUT2D eigenvalue weighted by Crippen LogP contribution is -2.39. The van der Waals surface area contributed by atoms with Gasteiger partial charge in [-0.05, 0) is 35.8 Å². The summed E-state index contributed by atoms with van der Waals surface area (Å²) >= 11 is 9.43. The van der Waals surface area contributed by atoms with Crippen LogP contribution in [0.25, 0.3) is 0 Å². The van der Waals surface area contributed by atoms with Gasteiger partial charge in [0.25, 0.3) is 0 Å². The van der Waals surface area contributed by atoms with Gasteiger partial charge in [0.05, 0.1) is 16.8 Å². The maximum absolute atomic E-state index is 6.07. The van der Waals surface area contributed by atoms with Crippen molar-refractivity contribution in [3.05, 3.63) is 21.1 Å². The molecular formula is C12H17BrClN3O. The molecule has 18 heavy (non-hydrogen) atoms. The molecule has 0 saturated carbocycles. The summed E-state index contributed by atoms with van der Waals surface area (Å²) in [5.41, 5.74) is 0.848. The van der Waals surface area contributed by atoms with Crippen LogP contribution in [0.3, 0.4) is 0 Å². The third-order valence-corrected chi connectivity index (χ3v) is 4.42. The minimum absolute atomic E-state index is 0.0744. The number of hydrogen-bond donors (Lipinski definition) is 0. The number of aryl methyl sites for hydroxylation is 1. The Balaban J connectivity index is 2.15. The van der Waals surface area contributed by atoms with E-state index < -0.39 is 0 Å². The van der Waals surface area contributed by atoms with Gasteiger partial charge in [-0.25, -0.2) is 9.97 Å². The summed E-state index contributed by atoms with van der Waals surface area (Å²) in [5.74, 6) is 0.682. The first-order valence-corrected chi connectivity index (χ1v) is 7.32. The molecule has 0 N–H and O–H groups in total. The van der Waals surface area contributed by atoms with Gasteiger partial charge in [0.2, 0.25) is 0 Å². The second-order valence-electron chi connectivity index (χ2n) is 4.43. The average molecular weight is 335 g/mol. The van der Waals surface area contributed by atoms with Gasteiger partial charge in [0.1, 0.15) is 11.3 Å². The number of halogens is 2. The molecule has 1 saturated heterocycles. The van der Waals surface area contributed by atoms with Gasteiger partial charge < -0.3 is 4.74 Å². The van der Waals surface area contributed by atoms with Crippen molar-refractivity contribution in [1.82, 2.24) is 14.9 Å². The molecule has 0 spiro atoms. The maximum Gasteiger partial charge on any atom is 0.160 e. The van der Waals surface area contributed by atoms with E-state index in [4.69, 9.17) is 16.3 Å². The molecule has 1 aliphatic heterocycles. The van der Waals surface area contributed by atoms with Gasteiger partial charge >= 0.3 is 0 Å². The lowest BCUT2D eigenvalue weighted by Gasteiger charge is -2.31. The van der Waals surface area contributed by atoms with Crippen molar-refractivity contribution in [3.8, 4) is 0 Å². The molecule has 100 valence electrons. The fraction of sp³-hybridized carbons (Fsp3) is 0.667. The van der Waals surface area contributed by atoms with Crippen LogP contribution in [0.5, 0.6) is 0 Å². The van der Waals surface area contributed by atoms with Crippen molar-refractivity contribution in [3.63, 3.8) is 0 Å². The Kier molecular flexibility index (Phi) is 4.95. The molecular weight excluding hydrogens is 318 g/mol. The lowest BCUT2D eigenvalue weighted by molar-refractivity contribution is -0.0342. The Morgan fingerprint density at radius 3 is 2.94 bits per heavy atom. The second kappa shape index (κ2) is 6.28. The number of hydrogen-bond acceptors (Lipinski definition) is 4. The molecule has 0 aromatic carbocycles. The smallest absolute Gasteiger partial charge is 0.160 e. The number of rotatable bonds is 3. The van der Waals surface area contributed by atoms with Gasteiger partial charge in [-0.2, -0.15) is 0 Å². The largest absolute Gasteiger partial charge is 0.368 e. The van der Waals surface area contributed by atoms with E-state index in [0.717, 1.165) is 42.8 Å². The molecule has 1 fully saturated rings. The van der Waals surface area contributed by atoms with Gasteiger partial charge in [0, 0.05) is 13.1 Å². The standard InChI is InChI=1S/C12H17BrClN3O/c1-3-4-17-5-6-18-9(7-17)12-15-8(2)10(13)11(14)16-12/h9H,3-7H2,1-2H3. The van der Waals surface area contributed by atoms with Crippen LogP contribution in [-0.2, 0) is 4.74 Å². The van der Waals surface area contributed by atoms with E-state index in [1.807, 2.05) is 6.92 Å². The van der Waals surface area contributed by atoms with Crippen LogP contribution in [0.15, 0.2) is 4.47 Å². The van der Waals surface area contributed by atoms with Gasteiger partial charge in [0.15, 0.2) is 5.82 Å². The zero-order valence-corrected chi connectivity index (χ0v) is 13.0. The summed E-state index contributed by atoms with van der Waals surface area (Å²) in [7, 11) is 0. The minimum Gasteiger partial charge on any atom is -0.368 e. The Morgan fingerprint density at radius 1 is 1.50 bits per heavy atom. The van der Waals surface area contributed by atoms with E-state index in [0.29, 0.717) is 11.0 Å². The van der Waals surface area contributed by atoms with Crippen LogP contribution in [0.4, 0.5) is 0 Å². The monoisotopic (exact) mass is 333 g/mol. The minimum atomic E-state index is -0.0744. The Labute approximate surface area is 121 Å². The quantitative estimate of drug-likeness (QED) is 0.797. The summed E-state index contributed by atoms with van der Waals surface area (Å²) in [6.07, 6.45) is 1.07. The summed E-state index contributed by atoms with van der Waals surface area (Å²) in [5, 5.41) is 0.453. The Bertz CT molecular complexity index is 405. The summed E-state index contributed by atoms with van der Waals surface area (Å²) in [6, 6.07) is 0. The third-order valence-electron chi connectivity index (χ3n) is 2.97. The normalized spacial score (nSPS) is 21.2. The molecule has 2 rings (SSSR count).